The average molecular weight is 1830 g/mol. The maximum absolute atomic E-state index is 14.0. The Morgan fingerprint density at radius 1 is 0.400 bits per heavy atom. The number of carbonyl (C=O) groups is 11. The molecule has 5 aromatic rings. The van der Waals surface area contributed by atoms with Crippen molar-refractivity contribution in [3.05, 3.63) is 84.1 Å². The largest absolute Gasteiger partial charge is 0.479 e. The number of carbonyl (C=O) groups excluding carboxylic acids is 10. The molecule has 0 bridgehead atoms. The van der Waals surface area contributed by atoms with Crippen LogP contribution in [0.3, 0.4) is 0 Å². The standard InChI is InChI=1S/C24H36FN3O4.C24H34FN3O4.C22H34FN3O3.C13H19FN2O2.C8H13FO3.C4H7N3/c2*1-4-21(31)26-18(14-23(2)8-5-6-9-23)20(30)15-24(12-16(25)13-24)22(32)19(29)11-17-7-10-28(3)27-17;1-21(7-4-5-8-21)13-17(24-2)19(28)14-22(11-15(23)12-22)20(29)18(27)10-16-6-9-26(3)25-16;1-3-13(7-9(14)8-13)12(18)11(17)6-10-4-5-16(2)15-10;1-2-8(3-5(9)4-8)6(10)7(11)12;1-7-3-2-4(5)6-7/h7,10,16,18,22,32H,4-6,8-9,11-15H2,1-3H3,(H,26,31);7,10,16,18H,4-6,8-9,11-15H2,1-3H3,(H,26,31);6,9,15,17,20,24,29H,4-5,7-8,10-14H2,1-3H3;4-5,9,12,18H,3,6-8H2,1-2H3;5-6,10H,2-4H2,1H3,(H,11,12);2-3H,1H3,(H2,5,6)/t16?,18-,22?,24?;16?,18-,24?;15?,17-,20?,22?;;;/m000.../s1. The minimum absolute atomic E-state index is 0.0115. The van der Waals surface area contributed by atoms with Crippen molar-refractivity contribution >= 4 is 69.9 Å². The van der Waals surface area contributed by atoms with Crippen LogP contribution in [-0.2, 0) is 114 Å². The Labute approximate surface area is 759 Å². The third-order valence-corrected chi connectivity index (χ3v) is 29.0. The minimum Gasteiger partial charge on any atom is -0.479 e. The Balaban J connectivity index is 0.000000202. The summed E-state index contributed by atoms with van der Waals surface area (Å²) in [6.07, 6.45) is 14.9. The average Bonchev–Trinajstić information content (AvgIpc) is 1.62. The summed E-state index contributed by atoms with van der Waals surface area (Å²) in [5, 5.41) is 78.7. The number of nitrogens with one attached hydrogen (secondary N) is 3. The van der Waals surface area contributed by atoms with Gasteiger partial charge in [0.15, 0.2) is 35.0 Å². The van der Waals surface area contributed by atoms with Gasteiger partial charge in [0.2, 0.25) is 23.4 Å². The molecule has 724 valence electrons. The van der Waals surface area contributed by atoms with E-state index in [4.69, 9.17) is 10.8 Å². The van der Waals surface area contributed by atoms with E-state index in [1.54, 1.807) is 136 Å². The van der Waals surface area contributed by atoms with Gasteiger partial charge >= 0.3 is 5.97 Å². The lowest BCUT2D eigenvalue weighted by molar-refractivity contribution is -0.164. The highest BCUT2D eigenvalue weighted by molar-refractivity contribution is 6.40. The van der Waals surface area contributed by atoms with Crippen LogP contribution in [-0.4, -0.2) is 219 Å². The number of anilines is 1. The number of hydrogen-bond acceptors (Lipinski definition) is 22. The van der Waals surface area contributed by atoms with Crippen LogP contribution < -0.4 is 21.7 Å². The Morgan fingerprint density at radius 3 is 0.938 bits per heavy atom. The number of alkyl halides is 5. The number of hydrogen-bond donors (Lipinski definition) is 9. The number of amides is 2. The van der Waals surface area contributed by atoms with E-state index in [0.717, 1.165) is 70.6 Å². The maximum atomic E-state index is 14.0. The summed E-state index contributed by atoms with van der Waals surface area (Å²) in [4.78, 5) is 138. The van der Waals surface area contributed by atoms with Gasteiger partial charge in [-0.2, -0.15) is 25.5 Å². The van der Waals surface area contributed by atoms with Gasteiger partial charge in [-0.25, -0.2) is 26.7 Å². The number of aliphatic hydroxyl groups excluding tert-OH is 4. The summed E-state index contributed by atoms with van der Waals surface area (Å²) >= 11 is 0. The Kier molecular flexibility index (Phi) is 37.8. The zero-order chi connectivity index (χ0) is 96.2. The SMILES string of the molecule is CCC(=O)N[C@@H](CC1(C)CCCC1)C(=O)CC1(C(=O)C(=O)Cc2ccn(C)n2)CC(F)C1.CCC(=O)N[C@@H](CC1(C)CCCC1)C(=O)CC1(C(O)C(=O)Cc2ccn(C)n2)CC(F)C1.CCC1(C(O)C(=O)Cc2ccn(C)n2)CC(F)C1.CCC1(C(O)C(=O)O)CC(F)C1.CN[C@@H](CC1(C)CCCC1)C(=O)CC1(C(O)C(=O)Cc2ccn(C)n2)CC(F)C1.Cn1ccc(N)n1. The first-order chi connectivity index (χ1) is 61.0. The summed E-state index contributed by atoms with van der Waals surface area (Å²) in [6.45, 7) is 13.6. The number of aryl methyl sites for hydroxylation is 5. The number of aliphatic hydroxyl groups is 4. The molecule has 2 amide bonds. The number of likely N-dealkylation sites (N-methyl/N-ethyl adjacent to an activating group) is 1. The number of carboxylic acids is 1. The first-order valence-electron chi connectivity index (χ1n) is 46.4. The van der Waals surface area contributed by atoms with Crippen molar-refractivity contribution in [3.63, 3.8) is 0 Å². The molecule has 4 unspecified atom stereocenters. The van der Waals surface area contributed by atoms with Gasteiger partial charge in [0.25, 0.3) is 0 Å². The highest BCUT2D eigenvalue weighted by atomic mass is 19.2. The van der Waals surface area contributed by atoms with Crippen LogP contribution in [0.25, 0.3) is 0 Å². The zero-order valence-corrected chi connectivity index (χ0v) is 78.3. The molecule has 0 spiro atoms. The van der Waals surface area contributed by atoms with Gasteiger partial charge < -0.3 is 47.2 Å². The van der Waals surface area contributed by atoms with E-state index >= 15 is 0 Å². The van der Waals surface area contributed by atoms with Crippen LogP contribution in [0.1, 0.15) is 277 Å². The number of nitrogen functional groups attached to an aromatic ring is 1. The van der Waals surface area contributed by atoms with Crippen LogP contribution in [0.15, 0.2) is 61.3 Å². The van der Waals surface area contributed by atoms with E-state index in [2.05, 4.69) is 62.2 Å². The quantitative estimate of drug-likeness (QED) is 0.0130. The number of aliphatic carboxylic acids is 1. The Morgan fingerprint density at radius 2 is 0.677 bits per heavy atom. The first-order valence-corrected chi connectivity index (χ1v) is 46.4. The monoisotopic (exact) mass is 1830 g/mol. The molecular weight excluding hydrogens is 1690 g/mol. The van der Waals surface area contributed by atoms with Crippen LogP contribution in [0, 0.1) is 43.3 Å². The van der Waals surface area contributed by atoms with Crippen molar-refractivity contribution in [1.29, 1.82) is 0 Å². The number of nitrogens with two attached hydrogens (primary N) is 1. The van der Waals surface area contributed by atoms with Crippen LogP contribution in [0.4, 0.5) is 27.8 Å². The molecule has 30 nitrogen and oxygen atoms in total. The molecule has 13 rings (SSSR count). The van der Waals surface area contributed by atoms with E-state index < -0.39 is 124 Å². The van der Waals surface area contributed by atoms with E-state index in [9.17, 15) is 95.1 Å². The first kappa shape index (κ1) is 106. The predicted molar refractivity (Wildman–Crippen MR) is 475 cm³/mol. The number of nitrogens with zero attached hydrogens (tertiary/aromatic N) is 10. The Hall–Kier alpha value is -8.93. The van der Waals surface area contributed by atoms with E-state index in [0.29, 0.717) is 67.1 Å². The lowest BCUT2D eigenvalue weighted by Crippen LogP contribution is -2.54. The molecule has 8 aliphatic carbocycles. The molecule has 7 atom stereocenters. The molecule has 8 saturated carbocycles. The molecule has 5 heterocycles. The van der Waals surface area contributed by atoms with Crippen molar-refractivity contribution in [2.24, 2.45) is 78.6 Å². The second-order valence-electron chi connectivity index (χ2n) is 40.0. The molecule has 0 saturated heterocycles. The topological polar surface area (TPSA) is 440 Å². The number of Topliss-reactive ketones (excluding diaryl/α,β-unsaturated/α-hetero) is 8. The molecule has 0 radical (unpaired) electrons. The number of rotatable bonds is 40. The van der Waals surface area contributed by atoms with Gasteiger partial charge in [0, 0.05) is 125 Å². The lowest BCUT2D eigenvalue weighted by Gasteiger charge is -2.47. The van der Waals surface area contributed by atoms with Crippen LogP contribution in [0.5, 0.6) is 0 Å². The fourth-order valence-corrected chi connectivity index (χ4v) is 20.8. The van der Waals surface area contributed by atoms with E-state index in [1.807, 2.05) is 14.0 Å². The molecule has 35 heteroatoms. The highest BCUT2D eigenvalue weighted by Crippen LogP contribution is 2.55. The third-order valence-electron chi connectivity index (χ3n) is 29.0. The normalized spacial score (nSPS) is 26.8. The third kappa shape index (κ3) is 28.6. The second kappa shape index (κ2) is 46.1. The van der Waals surface area contributed by atoms with Gasteiger partial charge in [0.1, 0.15) is 60.8 Å². The van der Waals surface area contributed by atoms with Crippen molar-refractivity contribution in [3.8, 4) is 0 Å². The van der Waals surface area contributed by atoms with E-state index in [-0.39, 0.29) is 166 Å². The summed E-state index contributed by atoms with van der Waals surface area (Å²) < 4.78 is 75.2. The van der Waals surface area contributed by atoms with Crippen molar-refractivity contribution < 1.29 is 100 Å². The summed E-state index contributed by atoms with van der Waals surface area (Å²) in [6, 6.07) is 6.84. The molecular formula is C95H143F5N14O16. The van der Waals surface area contributed by atoms with Gasteiger partial charge in [-0.15, -0.1) is 0 Å². The smallest absolute Gasteiger partial charge is 0.333 e. The molecule has 0 aromatic carbocycles. The minimum atomic E-state index is -1.44. The molecule has 10 N–H and O–H groups in total. The van der Waals surface area contributed by atoms with Crippen LogP contribution >= 0.6 is 0 Å². The second-order valence-corrected chi connectivity index (χ2v) is 40.0. The van der Waals surface area contributed by atoms with Crippen molar-refractivity contribution in [2.75, 3.05) is 12.8 Å². The van der Waals surface area contributed by atoms with Gasteiger partial charge in [-0.3, -0.25) is 71.4 Å². The molecule has 0 aliphatic heterocycles. The Bertz CT molecular complexity index is 4610. The van der Waals surface area contributed by atoms with Crippen LogP contribution in [0.2, 0.25) is 0 Å². The fraction of sp³-hybridized carbons (Fsp3) is 0.726. The predicted octanol–water partition coefficient (Wildman–Crippen LogP) is 10.8. The van der Waals surface area contributed by atoms with Gasteiger partial charge in [-0.05, 0) is 188 Å². The number of halogens is 5. The maximum Gasteiger partial charge on any atom is 0.333 e. The van der Waals surface area contributed by atoms with Crippen molar-refractivity contribution in [2.45, 2.75) is 353 Å². The molecule has 8 aliphatic rings. The number of ketones is 8. The summed E-state index contributed by atoms with van der Waals surface area (Å²) in [7, 11) is 10.6. The van der Waals surface area contributed by atoms with E-state index in [1.165, 1.54) is 17.5 Å². The van der Waals surface area contributed by atoms with Gasteiger partial charge in [-0.1, -0.05) is 87.0 Å². The lowest BCUT2D eigenvalue weighted by atomic mass is 9.59. The summed E-state index contributed by atoms with van der Waals surface area (Å²) in [5.41, 5.74) is 2.84. The fourth-order valence-electron chi connectivity index (χ4n) is 20.8. The number of carboxylic acid groups (broad SMARTS) is 1. The highest BCUT2D eigenvalue weighted by Gasteiger charge is 2.58. The zero-order valence-electron chi connectivity index (χ0n) is 78.3. The molecule has 130 heavy (non-hydrogen) atoms. The molecule has 8 fully saturated rings. The van der Waals surface area contributed by atoms with Gasteiger partial charge in [0.05, 0.1) is 66.6 Å². The molecule has 5 aromatic heterocycles. The number of aromatic nitrogens is 10. The summed E-state index contributed by atoms with van der Waals surface area (Å²) in [5.74, 6) is -4.12. The van der Waals surface area contributed by atoms with Crippen molar-refractivity contribution in [1.82, 2.24) is 64.9 Å².